The van der Waals surface area contributed by atoms with Crippen LogP contribution in [0.25, 0.3) is 0 Å². The summed E-state index contributed by atoms with van der Waals surface area (Å²) in [4.78, 5) is 11.6. The monoisotopic (exact) mass is 234 g/mol. The van der Waals surface area contributed by atoms with Crippen LogP contribution in [0.3, 0.4) is 0 Å². The molecule has 0 heterocycles. The van der Waals surface area contributed by atoms with Crippen LogP contribution in [-0.4, -0.2) is 10.9 Å². The lowest BCUT2D eigenvalue weighted by atomic mass is 9.79. The van der Waals surface area contributed by atoms with Gasteiger partial charge in [-0.3, -0.25) is 4.79 Å². The van der Waals surface area contributed by atoms with Gasteiger partial charge in [0.1, 0.15) is 5.78 Å². The molecule has 0 saturated carbocycles. The van der Waals surface area contributed by atoms with Crippen LogP contribution in [0.15, 0.2) is 30.3 Å². The second-order valence-electron chi connectivity index (χ2n) is 5.31. The second-order valence-corrected chi connectivity index (χ2v) is 5.31. The van der Waals surface area contributed by atoms with Gasteiger partial charge in [0.15, 0.2) is 0 Å². The summed E-state index contributed by atoms with van der Waals surface area (Å²) in [6.45, 7) is 7.42. The van der Waals surface area contributed by atoms with Gasteiger partial charge in [-0.1, -0.05) is 44.2 Å². The molecule has 0 amide bonds. The molecule has 0 aliphatic heterocycles. The number of ketones is 1. The minimum Gasteiger partial charge on any atom is -0.385 e. The van der Waals surface area contributed by atoms with Crippen molar-refractivity contribution in [1.82, 2.24) is 0 Å². The van der Waals surface area contributed by atoms with Crippen LogP contribution >= 0.6 is 0 Å². The van der Waals surface area contributed by atoms with Crippen molar-refractivity contribution in [2.24, 2.45) is 11.8 Å². The van der Waals surface area contributed by atoms with E-state index < -0.39 is 5.60 Å². The number of carbonyl (C=O) groups excluding carboxylic acids is 1. The van der Waals surface area contributed by atoms with Gasteiger partial charge >= 0.3 is 0 Å². The van der Waals surface area contributed by atoms with Crippen LogP contribution in [0.1, 0.15) is 39.7 Å². The van der Waals surface area contributed by atoms with Gasteiger partial charge in [-0.2, -0.15) is 0 Å². The lowest BCUT2D eigenvalue weighted by molar-refractivity contribution is -0.124. The molecule has 2 heteroatoms. The van der Waals surface area contributed by atoms with E-state index in [1.54, 1.807) is 13.8 Å². The lowest BCUT2D eigenvalue weighted by Crippen LogP contribution is -2.30. The van der Waals surface area contributed by atoms with E-state index in [9.17, 15) is 9.90 Å². The van der Waals surface area contributed by atoms with Gasteiger partial charge in [-0.15, -0.1) is 0 Å². The van der Waals surface area contributed by atoms with Crippen molar-refractivity contribution in [2.45, 2.75) is 39.7 Å². The Kier molecular flexibility index (Phi) is 4.47. The number of hydrogen-bond acceptors (Lipinski definition) is 2. The minimum absolute atomic E-state index is 0.0924. The second kappa shape index (κ2) is 5.46. The number of hydrogen-bond donors (Lipinski definition) is 1. The molecule has 0 fully saturated rings. The number of aliphatic hydroxyl groups is 1. The van der Waals surface area contributed by atoms with Crippen LogP contribution in [0.2, 0.25) is 0 Å². The molecule has 94 valence electrons. The van der Waals surface area contributed by atoms with E-state index in [4.69, 9.17) is 0 Å². The Morgan fingerprint density at radius 1 is 1.29 bits per heavy atom. The van der Waals surface area contributed by atoms with Gasteiger partial charge in [0.05, 0.1) is 5.60 Å². The van der Waals surface area contributed by atoms with Crippen molar-refractivity contribution >= 4 is 5.78 Å². The highest BCUT2D eigenvalue weighted by atomic mass is 16.3. The summed E-state index contributed by atoms with van der Waals surface area (Å²) in [5.74, 6) is 0.309. The fourth-order valence-corrected chi connectivity index (χ4v) is 2.19. The fraction of sp³-hybridized carbons (Fsp3) is 0.533. The molecule has 0 spiro atoms. The highest BCUT2D eigenvalue weighted by molar-refractivity contribution is 5.78. The summed E-state index contributed by atoms with van der Waals surface area (Å²) in [5.41, 5.74) is -0.0751. The Hall–Kier alpha value is -1.15. The molecule has 2 atom stereocenters. The summed E-state index contributed by atoms with van der Waals surface area (Å²) < 4.78 is 0. The van der Waals surface area contributed by atoms with Gasteiger partial charge < -0.3 is 5.11 Å². The third-order valence-electron chi connectivity index (χ3n) is 3.34. The number of carbonyl (C=O) groups is 1. The van der Waals surface area contributed by atoms with Gasteiger partial charge in [-0.25, -0.2) is 0 Å². The maximum Gasteiger partial charge on any atom is 0.133 e. The van der Waals surface area contributed by atoms with Gasteiger partial charge in [0, 0.05) is 5.92 Å². The highest BCUT2D eigenvalue weighted by Crippen LogP contribution is 2.31. The number of benzene rings is 1. The number of Topliss-reactive ketones (excluding diaryl/α,β-unsaturated/α-hetero) is 1. The van der Waals surface area contributed by atoms with E-state index in [1.165, 1.54) is 0 Å². The van der Waals surface area contributed by atoms with Gasteiger partial charge in [0.2, 0.25) is 0 Å². The molecule has 17 heavy (non-hydrogen) atoms. The largest absolute Gasteiger partial charge is 0.385 e. The van der Waals surface area contributed by atoms with Crippen LogP contribution in [0.5, 0.6) is 0 Å². The Bertz CT molecular complexity index is 366. The van der Waals surface area contributed by atoms with Crippen molar-refractivity contribution in [3.63, 3.8) is 0 Å². The first-order valence-corrected chi connectivity index (χ1v) is 6.13. The summed E-state index contributed by atoms with van der Waals surface area (Å²) in [7, 11) is 0. The molecule has 0 aliphatic rings. The predicted octanol–water partition coefficient (Wildman–Crippen LogP) is 3.15. The SMILES string of the molecule is CC(=O)C(CC(C)(O)c1ccccc1)C(C)C. The van der Waals surface area contributed by atoms with Crippen molar-refractivity contribution in [3.8, 4) is 0 Å². The predicted molar refractivity (Wildman–Crippen MR) is 69.6 cm³/mol. The molecule has 0 radical (unpaired) electrons. The smallest absolute Gasteiger partial charge is 0.133 e. The molecule has 2 nitrogen and oxygen atoms in total. The van der Waals surface area contributed by atoms with Crippen LogP contribution in [0, 0.1) is 11.8 Å². The highest BCUT2D eigenvalue weighted by Gasteiger charge is 2.30. The zero-order valence-corrected chi connectivity index (χ0v) is 11.1. The summed E-state index contributed by atoms with van der Waals surface area (Å²) in [6.07, 6.45) is 0.476. The molecule has 1 rings (SSSR count). The van der Waals surface area contributed by atoms with Crippen LogP contribution in [0.4, 0.5) is 0 Å². The van der Waals surface area contributed by atoms with Gasteiger partial charge in [-0.05, 0) is 31.7 Å². The molecule has 0 saturated heterocycles. The topological polar surface area (TPSA) is 37.3 Å². The maximum atomic E-state index is 11.6. The molecule has 0 aromatic heterocycles. The third-order valence-corrected chi connectivity index (χ3v) is 3.34. The van der Waals surface area contributed by atoms with E-state index in [0.29, 0.717) is 6.42 Å². The maximum absolute atomic E-state index is 11.6. The van der Waals surface area contributed by atoms with Crippen molar-refractivity contribution < 1.29 is 9.90 Å². The third kappa shape index (κ3) is 3.67. The van der Waals surface area contributed by atoms with Gasteiger partial charge in [0.25, 0.3) is 0 Å². The summed E-state index contributed by atoms with van der Waals surface area (Å²) in [6, 6.07) is 9.53. The molecule has 1 aromatic carbocycles. The molecule has 0 bridgehead atoms. The molecule has 1 N–H and O–H groups in total. The first kappa shape index (κ1) is 13.9. The molecule has 2 unspecified atom stereocenters. The molecule has 0 aliphatic carbocycles. The Balaban J connectivity index is 2.88. The Morgan fingerprint density at radius 2 is 1.82 bits per heavy atom. The quantitative estimate of drug-likeness (QED) is 0.849. The average molecular weight is 234 g/mol. The van der Waals surface area contributed by atoms with E-state index in [-0.39, 0.29) is 17.6 Å². The van der Waals surface area contributed by atoms with Crippen molar-refractivity contribution in [2.75, 3.05) is 0 Å². The Labute approximate surface area is 104 Å². The standard InChI is InChI=1S/C15H22O2/c1-11(2)14(12(3)16)10-15(4,17)13-8-6-5-7-9-13/h5-9,11,14,17H,10H2,1-4H3. The Morgan fingerprint density at radius 3 is 2.24 bits per heavy atom. The zero-order valence-electron chi connectivity index (χ0n) is 11.1. The normalized spacial score (nSPS) is 16.6. The van der Waals surface area contributed by atoms with Crippen LogP contribution < -0.4 is 0 Å². The van der Waals surface area contributed by atoms with E-state index in [2.05, 4.69) is 0 Å². The molecular formula is C15H22O2. The van der Waals surface area contributed by atoms with E-state index >= 15 is 0 Å². The van der Waals surface area contributed by atoms with Crippen molar-refractivity contribution in [1.29, 1.82) is 0 Å². The molecule has 1 aromatic rings. The van der Waals surface area contributed by atoms with E-state index in [0.717, 1.165) is 5.56 Å². The fourth-order valence-electron chi connectivity index (χ4n) is 2.19. The average Bonchev–Trinajstić information content (AvgIpc) is 2.26. The summed E-state index contributed by atoms with van der Waals surface area (Å²) in [5, 5.41) is 10.5. The van der Waals surface area contributed by atoms with Crippen molar-refractivity contribution in [3.05, 3.63) is 35.9 Å². The first-order valence-electron chi connectivity index (χ1n) is 6.13. The van der Waals surface area contributed by atoms with Crippen LogP contribution in [-0.2, 0) is 10.4 Å². The summed E-state index contributed by atoms with van der Waals surface area (Å²) >= 11 is 0. The first-order chi connectivity index (χ1) is 7.84. The minimum atomic E-state index is -0.943. The number of rotatable bonds is 5. The lowest BCUT2D eigenvalue weighted by Gasteiger charge is -2.29. The zero-order chi connectivity index (χ0) is 13.1. The van der Waals surface area contributed by atoms with E-state index in [1.807, 2.05) is 44.2 Å². The molecular weight excluding hydrogens is 212 g/mol.